The van der Waals surface area contributed by atoms with Crippen LogP contribution in [0.25, 0.3) is 0 Å². The van der Waals surface area contributed by atoms with Gasteiger partial charge in [-0.05, 0) is 27.7 Å². The van der Waals surface area contributed by atoms with Crippen molar-refractivity contribution in [3.63, 3.8) is 0 Å². The van der Waals surface area contributed by atoms with Gasteiger partial charge in [-0.2, -0.15) is 0 Å². The van der Waals surface area contributed by atoms with Gasteiger partial charge >= 0.3 is 6.09 Å². The zero-order chi connectivity index (χ0) is 10.3. The third-order valence-corrected chi connectivity index (χ3v) is 1.76. The summed E-state index contributed by atoms with van der Waals surface area (Å²) in [7, 11) is 0. The molecule has 2 N–H and O–H groups in total. The molecule has 1 aliphatic heterocycles. The number of carbonyl (C=O) groups is 1. The van der Waals surface area contributed by atoms with E-state index >= 15 is 0 Å². The lowest BCUT2D eigenvalue weighted by atomic mass is 9.95. The Bertz CT molecular complexity index is 215. The Morgan fingerprint density at radius 1 is 1.43 bits per heavy atom. The minimum absolute atomic E-state index is 0. The third kappa shape index (κ3) is 3.72. The number of carbonyl (C=O) groups excluding carboxylic acids is 1. The highest BCUT2D eigenvalue weighted by Crippen LogP contribution is 2.20. The molecule has 1 rings (SSSR count). The van der Waals surface area contributed by atoms with Crippen LogP contribution in [0.4, 0.5) is 4.79 Å². The highest BCUT2D eigenvalue weighted by atomic mass is 35.5. The molecule has 1 saturated heterocycles. The largest absolute Gasteiger partial charge is 0.444 e. The van der Waals surface area contributed by atoms with Crippen molar-refractivity contribution in [3.8, 4) is 0 Å². The topological polar surface area (TPSA) is 55.6 Å². The molecule has 1 aliphatic rings. The maximum Gasteiger partial charge on any atom is 0.410 e. The zero-order valence-electron chi connectivity index (χ0n) is 9.16. The van der Waals surface area contributed by atoms with Gasteiger partial charge in [0.2, 0.25) is 0 Å². The van der Waals surface area contributed by atoms with Gasteiger partial charge in [0.05, 0.1) is 0 Å². The van der Waals surface area contributed by atoms with Gasteiger partial charge in [-0.1, -0.05) is 0 Å². The van der Waals surface area contributed by atoms with Crippen molar-refractivity contribution in [1.29, 1.82) is 0 Å². The van der Waals surface area contributed by atoms with Crippen molar-refractivity contribution in [2.75, 3.05) is 13.1 Å². The van der Waals surface area contributed by atoms with E-state index in [1.165, 1.54) is 0 Å². The molecule has 0 saturated carbocycles. The standard InChI is InChI=1S/C9H18N2O2.ClH/c1-8(2,3)13-7(12)11-5-9(4,10)6-11;/h5-6,10H2,1-4H3;1H. The molecule has 0 atom stereocenters. The molecule has 1 amide bonds. The number of halogens is 1. The average molecular weight is 223 g/mol. The number of nitrogens with two attached hydrogens (primary N) is 1. The molecule has 4 nitrogen and oxygen atoms in total. The van der Waals surface area contributed by atoms with E-state index in [0.717, 1.165) is 0 Å². The van der Waals surface area contributed by atoms with E-state index in [4.69, 9.17) is 10.5 Å². The number of hydrogen-bond acceptors (Lipinski definition) is 3. The first-order valence-corrected chi connectivity index (χ1v) is 4.46. The Kier molecular flexibility index (Phi) is 3.81. The Balaban J connectivity index is 0.00000169. The fourth-order valence-electron chi connectivity index (χ4n) is 1.28. The Morgan fingerprint density at radius 3 is 2.14 bits per heavy atom. The Hall–Kier alpha value is -0.480. The first-order valence-electron chi connectivity index (χ1n) is 4.46. The van der Waals surface area contributed by atoms with Crippen LogP contribution in [0.1, 0.15) is 27.7 Å². The van der Waals surface area contributed by atoms with E-state index in [1.54, 1.807) is 4.90 Å². The number of rotatable bonds is 0. The van der Waals surface area contributed by atoms with Crippen molar-refractivity contribution in [1.82, 2.24) is 4.90 Å². The zero-order valence-corrected chi connectivity index (χ0v) is 9.98. The fraction of sp³-hybridized carbons (Fsp3) is 0.889. The van der Waals surface area contributed by atoms with Crippen LogP contribution in [0, 0.1) is 0 Å². The van der Waals surface area contributed by atoms with Crippen LogP contribution in [0.3, 0.4) is 0 Å². The first kappa shape index (κ1) is 13.5. The molecule has 1 heterocycles. The maximum atomic E-state index is 11.4. The van der Waals surface area contributed by atoms with E-state index in [9.17, 15) is 4.79 Å². The summed E-state index contributed by atoms with van der Waals surface area (Å²) in [5.41, 5.74) is 5.12. The summed E-state index contributed by atoms with van der Waals surface area (Å²) in [6, 6.07) is 0. The molecule has 84 valence electrons. The van der Waals surface area contributed by atoms with Gasteiger partial charge in [0.15, 0.2) is 0 Å². The van der Waals surface area contributed by atoms with Crippen LogP contribution >= 0.6 is 12.4 Å². The molecule has 0 radical (unpaired) electrons. The Morgan fingerprint density at radius 2 is 1.86 bits per heavy atom. The summed E-state index contributed by atoms with van der Waals surface area (Å²) >= 11 is 0. The van der Waals surface area contributed by atoms with Crippen molar-refractivity contribution in [3.05, 3.63) is 0 Å². The summed E-state index contributed by atoms with van der Waals surface area (Å²) in [6.45, 7) is 8.66. The summed E-state index contributed by atoms with van der Waals surface area (Å²) in [5.74, 6) is 0. The van der Waals surface area contributed by atoms with Crippen LogP contribution in [-0.2, 0) is 4.74 Å². The van der Waals surface area contributed by atoms with Gasteiger partial charge in [0.25, 0.3) is 0 Å². The lowest BCUT2D eigenvalue weighted by molar-refractivity contribution is -0.00466. The van der Waals surface area contributed by atoms with Crippen LogP contribution in [0.15, 0.2) is 0 Å². The van der Waals surface area contributed by atoms with Crippen molar-refractivity contribution < 1.29 is 9.53 Å². The van der Waals surface area contributed by atoms with Crippen LogP contribution in [-0.4, -0.2) is 35.2 Å². The molecular weight excluding hydrogens is 204 g/mol. The molecule has 0 aromatic carbocycles. The summed E-state index contributed by atoms with van der Waals surface area (Å²) < 4.78 is 5.17. The fourth-order valence-corrected chi connectivity index (χ4v) is 1.28. The van der Waals surface area contributed by atoms with E-state index in [-0.39, 0.29) is 24.0 Å². The first-order chi connectivity index (χ1) is 5.70. The molecule has 0 aromatic heterocycles. The molecule has 5 heteroatoms. The predicted molar refractivity (Wildman–Crippen MR) is 57.6 cm³/mol. The lowest BCUT2D eigenvalue weighted by Crippen LogP contribution is -2.67. The highest BCUT2D eigenvalue weighted by molar-refractivity contribution is 5.85. The monoisotopic (exact) mass is 222 g/mol. The number of hydrogen-bond donors (Lipinski definition) is 1. The number of ether oxygens (including phenoxy) is 1. The van der Waals surface area contributed by atoms with Crippen molar-refractivity contribution in [2.24, 2.45) is 5.73 Å². The van der Waals surface area contributed by atoms with Gasteiger partial charge in [-0.3, -0.25) is 0 Å². The predicted octanol–water partition coefficient (Wildman–Crippen LogP) is 1.38. The molecule has 0 unspecified atom stereocenters. The van der Waals surface area contributed by atoms with E-state index in [2.05, 4.69) is 0 Å². The van der Waals surface area contributed by atoms with Crippen LogP contribution < -0.4 is 5.73 Å². The second-order valence-corrected chi connectivity index (χ2v) is 4.99. The number of amides is 1. The van der Waals surface area contributed by atoms with Crippen molar-refractivity contribution in [2.45, 2.75) is 38.8 Å². The van der Waals surface area contributed by atoms with Gasteiger partial charge in [-0.15, -0.1) is 12.4 Å². The number of likely N-dealkylation sites (tertiary alicyclic amines) is 1. The van der Waals surface area contributed by atoms with Crippen LogP contribution in [0.5, 0.6) is 0 Å². The van der Waals surface area contributed by atoms with Crippen molar-refractivity contribution >= 4 is 18.5 Å². The summed E-state index contributed by atoms with van der Waals surface area (Å²) in [4.78, 5) is 13.0. The average Bonchev–Trinajstić information content (AvgIpc) is 1.77. The molecule has 0 aliphatic carbocycles. The quantitative estimate of drug-likeness (QED) is 0.674. The summed E-state index contributed by atoms with van der Waals surface area (Å²) in [5, 5.41) is 0. The number of nitrogens with zero attached hydrogens (tertiary/aromatic N) is 1. The molecule has 0 aromatic rings. The van der Waals surface area contributed by atoms with E-state index in [1.807, 2.05) is 27.7 Å². The molecular formula is C9H19ClN2O2. The second kappa shape index (κ2) is 3.95. The van der Waals surface area contributed by atoms with E-state index in [0.29, 0.717) is 13.1 Å². The summed E-state index contributed by atoms with van der Waals surface area (Å²) in [6.07, 6.45) is -0.268. The van der Waals surface area contributed by atoms with E-state index < -0.39 is 5.60 Å². The molecule has 0 bridgehead atoms. The van der Waals surface area contributed by atoms with Gasteiger partial charge in [0, 0.05) is 18.6 Å². The van der Waals surface area contributed by atoms with Gasteiger partial charge < -0.3 is 15.4 Å². The SMILES string of the molecule is CC1(N)CN(C(=O)OC(C)(C)C)C1.Cl. The molecule has 14 heavy (non-hydrogen) atoms. The Labute approximate surface area is 91.2 Å². The minimum Gasteiger partial charge on any atom is -0.444 e. The smallest absolute Gasteiger partial charge is 0.410 e. The third-order valence-electron chi connectivity index (χ3n) is 1.76. The molecule has 0 spiro atoms. The lowest BCUT2D eigenvalue weighted by Gasteiger charge is -2.45. The molecule has 1 fully saturated rings. The second-order valence-electron chi connectivity index (χ2n) is 4.99. The van der Waals surface area contributed by atoms with Gasteiger partial charge in [-0.25, -0.2) is 4.79 Å². The highest BCUT2D eigenvalue weighted by Gasteiger charge is 2.39. The maximum absolute atomic E-state index is 11.4. The normalized spacial score (nSPS) is 19.4. The minimum atomic E-state index is -0.419. The van der Waals surface area contributed by atoms with Crippen LogP contribution in [0.2, 0.25) is 0 Å². The van der Waals surface area contributed by atoms with Gasteiger partial charge in [0.1, 0.15) is 5.60 Å².